The zero-order valence-corrected chi connectivity index (χ0v) is 23.2. The zero-order chi connectivity index (χ0) is 26.9. The van der Waals surface area contributed by atoms with E-state index in [0.717, 1.165) is 16.7 Å². The van der Waals surface area contributed by atoms with E-state index >= 15 is 0 Å². The van der Waals surface area contributed by atoms with Crippen molar-refractivity contribution in [1.29, 1.82) is 0 Å². The third-order valence-electron chi connectivity index (χ3n) is 8.16. The Bertz CT molecular complexity index is 2020. The number of benzene rings is 4. The molecular formula is C36H32N3+. The van der Waals surface area contributed by atoms with Gasteiger partial charge < -0.3 is 0 Å². The predicted octanol–water partition coefficient (Wildman–Crippen LogP) is 8.58. The molecule has 0 bridgehead atoms. The minimum absolute atomic E-state index is 0.0210. The largest absolute Gasteiger partial charge is 0.294 e. The van der Waals surface area contributed by atoms with Crippen LogP contribution in [0.5, 0.6) is 0 Å². The van der Waals surface area contributed by atoms with Gasteiger partial charge in [-0.3, -0.25) is 4.57 Å². The van der Waals surface area contributed by atoms with Crippen LogP contribution < -0.4 is 4.57 Å². The van der Waals surface area contributed by atoms with Crippen LogP contribution in [0.3, 0.4) is 0 Å². The smallest absolute Gasteiger partial charge is 0.222 e. The van der Waals surface area contributed by atoms with Crippen LogP contribution in [0.2, 0.25) is 0 Å². The molecule has 0 amide bonds. The molecule has 0 radical (unpaired) electrons. The summed E-state index contributed by atoms with van der Waals surface area (Å²) in [6.07, 6.45) is 2.14. The summed E-state index contributed by atoms with van der Waals surface area (Å²) in [6.45, 7) is 9.16. The zero-order valence-electron chi connectivity index (χ0n) is 23.2. The van der Waals surface area contributed by atoms with Gasteiger partial charge in [-0.25, -0.2) is 9.55 Å². The second-order valence-electron chi connectivity index (χ2n) is 11.6. The van der Waals surface area contributed by atoms with Gasteiger partial charge in [-0.15, -0.1) is 0 Å². The maximum absolute atomic E-state index is 5.26. The van der Waals surface area contributed by atoms with E-state index in [1.807, 2.05) is 0 Å². The highest BCUT2D eigenvalue weighted by molar-refractivity contribution is 6.09. The lowest BCUT2D eigenvalue weighted by atomic mass is 9.80. The number of nitrogens with zero attached hydrogens (tertiary/aromatic N) is 3. The number of fused-ring (bicyclic) bond motifs is 5. The topological polar surface area (TPSA) is 21.7 Å². The van der Waals surface area contributed by atoms with Crippen molar-refractivity contribution in [3.8, 4) is 17.1 Å². The molecule has 0 fully saturated rings. The molecule has 3 heterocycles. The van der Waals surface area contributed by atoms with Gasteiger partial charge in [0, 0.05) is 16.8 Å². The lowest BCUT2D eigenvalue weighted by Gasteiger charge is -2.24. The molecule has 0 atom stereocenters. The molecule has 0 saturated carbocycles. The highest BCUT2D eigenvalue weighted by Crippen LogP contribution is 2.39. The molecule has 0 saturated heterocycles. The molecule has 0 unspecified atom stereocenters. The Morgan fingerprint density at radius 1 is 0.667 bits per heavy atom. The van der Waals surface area contributed by atoms with E-state index in [9.17, 15) is 0 Å². The Hall–Kier alpha value is -4.50. The summed E-state index contributed by atoms with van der Waals surface area (Å²) >= 11 is 0. The maximum atomic E-state index is 5.26. The van der Waals surface area contributed by atoms with Crippen LogP contribution in [0, 0.1) is 6.92 Å². The average Bonchev–Trinajstić information content (AvgIpc) is 3.27. The molecule has 4 aromatic carbocycles. The van der Waals surface area contributed by atoms with Gasteiger partial charge in [0.15, 0.2) is 6.20 Å². The van der Waals surface area contributed by atoms with Gasteiger partial charge in [0.2, 0.25) is 5.69 Å². The third-order valence-corrected chi connectivity index (χ3v) is 8.16. The lowest BCUT2D eigenvalue weighted by Crippen LogP contribution is -2.31. The molecule has 3 heteroatoms. The van der Waals surface area contributed by atoms with E-state index in [2.05, 4.69) is 147 Å². The van der Waals surface area contributed by atoms with Crippen LogP contribution in [0.1, 0.15) is 31.9 Å². The van der Waals surface area contributed by atoms with Gasteiger partial charge in [0.05, 0.1) is 27.5 Å². The standard InChI is InChI=1S/C36H32N3/c1-23-24-12-6-7-13-25(24)30(36(2,3)4)22-29(23)35-28-18-19-34(37-31(28)20-21-38(35)5)39-32-16-10-8-14-26(32)27-15-9-11-17-33(27)39/h6-22H,1-5H3/q+1. The highest BCUT2D eigenvalue weighted by Gasteiger charge is 2.25. The van der Waals surface area contributed by atoms with Gasteiger partial charge in [-0.2, -0.15) is 0 Å². The first-order chi connectivity index (χ1) is 18.8. The fourth-order valence-corrected chi connectivity index (χ4v) is 6.25. The van der Waals surface area contributed by atoms with Crippen LogP contribution in [0.4, 0.5) is 0 Å². The first-order valence-corrected chi connectivity index (χ1v) is 13.6. The van der Waals surface area contributed by atoms with Gasteiger partial charge >= 0.3 is 0 Å². The number of aromatic nitrogens is 3. The monoisotopic (exact) mass is 506 g/mol. The van der Waals surface area contributed by atoms with Crippen molar-refractivity contribution in [3.05, 3.63) is 114 Å². The molecule has 0 N–H and O–H groups in total. The minimum atomic E-state index is 0.0210. The van der Waals surface area contributed by atoms with E-state index in [4.69, 9.17) is 4.98 Å². The molecule has 0 aliphatic heterocycles. The predicted molar refractivity (Wildman–Crippen MR) is 164 cm³/mol. The average molecular weight is 507 g/mol. The molecular weight excluding hydrogens is 474 g/mol. The molecule has 0 aliphatic rings. The van der Waals surface area contributed by atoms with Crippen LogP contribution in [-0.2, 0) is 12.5 Å². The van der Waals surface area contributed by atoms with Gasteiger partial charge in [-0.05, 0) is 64.6 Å². The summed E-state index contributed by atoms with van der Waals surface area (Å²) in [6, 6.07) is 35.0. The summed E-state index contributed by atoms with van der Waals surface area (Å²) in [7, 11) is 2.14. The number of rotatable bonds is 2. The Morgan fingerprint density at radius 2 is 1.26 bits per heavy atom. The minimum Gasteiger partial charge on any atom is -0.294 e. The Labute approximate surface area is 229 Å². The molecule has 0 spiro atoms. The van der Waals surface area contributed by atoms with Crippen molar-refractivity contribution in [2.75, 3.05) is 0 Å². The van der Waals surface area contributed by atoms with Crippen molar-refractivity contribution >= 4 is 43.5 Å². The van der Waals surface area contributed by atoms with Crippen molar-refractivity contribution in [2.45, 2.75) is 33.1 Å². The third kappa shape index (κ3) is 3.57. The number of pyridine rings is 2. The quantitative estimate of drug-likeness (QED) is 0.215. The SMILES string of the molecule is Cc1c(-c2c3ccc(-n4c5ccccc5c5ccccc54)nc3cc[n+]2C)cc(C(C)(C)C)c2ccccc12. The molecule has 190 valence electrons. The van der Waals surface area contributed by atoms with Gasteiger partial charge in [0.1, 0.15) is 12.9 Å². The second kappa shape index (κ2) is 8.51. The van der Waals surface area contributed by atoms with Crippen LogP contribution in [0.25, 0.3) is 60.6 Å². The first kappa shape index (κ1) is 23.6. The summed E-state index contributed by atoms with van der Waals surface area (Å²) in [5.74, 6) is 0.935. The maximum Gasteiger partial charge on any atom is 0.222 e. The Kier molecular flexibility index (Phi) is 5.15. The lowest BCUT2D eigenvalue weighted by molar-refractivity contribution is -0.659. The number of hydrogen-bond acceptors (Lipinski definition) is 1. The van der Waals surface area contributed by atoms with Crippen molar-refractivity contribution in [3.63, 3.8) is 0 Å². The van der Waals surface area contributed by atoms with E-state index in [0.29, 0.717) is 0 Å². The fourth-order valence-electron chi connectivity index (χ4n) is 6.25. The molecule has 3 nitrogen and oxygen atoms in total. The van der Waals surface area contributed by atoms with E-state index in [-0.39, 0.29) is 5.41 Å². The van der Waals surface area contributed by atoms with Gasteiger partial charge in [-0.1, -0.05) is 81.4 Å². The molecule has 7 aromatic rings. The van der Waals surface area contributed by atoms with E-state index in [1.54, 1.807) is 0 Å². The number of para-hydroxylation sites is 2. The molecule has 3 aromatic heterocycles. The summed E-state index contributed by atoms with van der Waals surface area (Å²) in [4.78, 5) is 5.26. The molecule has 39 heavy (non-hydrogen) atoms. The van der Waals surface area contributed by atoms with Crippen LogP contribution >= 0.6 is 0 Å². The highest BCUT2D eigenvalue weighted by atomic mass is 15.1. The van der Waals surface area contributed by atoms with Gasteiger partial charge in [0.25, 0.3) is 0 Å². The fraction of sp³-hybridized carbons (Fsp3) is 0.167. The Morgan fingerprint density at radius 3 is 1.90 bits per heavy atom. The van der Waals surface area contributed by atoms with E-state index in [1.165, 1.54) is 55.0 Å². The summed E-state index contributed by atoms with van der Waals surface area (Å²) in [5, 5.41) is 6.30. The summed E-state index contributed by atoms with van der Waals surface area (Å²) in [5.41, 5.74) is 8.49. The van der Waals surface area contributed by atoms with E-state index < -0.39 is 0 Å². The molecule has 7 rings (SSSR count). The molecule has 0 aliphatic carbocycles. The van der Waals surface area contributed by atoms with Crippen molar-refractivity contribution in [1.82, 2.24) is 9.55 Å². The second-order valence-corrected chi connectivity index (χ2v) is 11.6. The summed E-state index contributed by atoms with van der Waals surface area (Å²) < 4.78 is 4.53. The number of aryl methyl sites for hydroxylation is 2. The van der Waals surface area contributed by atoms with Crippen molar-refractivity contribution in [2.24, 2.45) is 7.05 Å². The van der Waals surface area contributed by atoms with Crippen LogP contribution in [0.15, 0.2) is 103 Å². The van der Waals surface area contributed by atoms with Crippen LogP contribution in [-0.4, -0.2) is 9.55 Å². The number of hydrogen-bond donors (Lipinski definition) is 0. The normalized spacial score (nSPS) is 12.2. The van der Waals surface area contributed by atoms with Crippen molar-refractivity contribution < 1.29 is 4.57 Å². The Balaban J connectivity index is 1.51. The first-order valence-electron chi connectivity index (χ1n) is 13.6.